The minimum atomic E-state index is -4.26. The van der Waals surface area contributed by atoms with Gasteiger partial charge in [0.2, 0.25) is 0 Å². The van der Waals surface area contributed by atoms with Crippen molar-refractivity contribution in [2.45, 2.75) is 6.18 Å². The number of rotatable bonds is 1. The lowest BCUT2D eigenvalue weighted by Crippen LogP contribution is -2.04. The molecule has 0 fully saturated rings. The Labute approximate surface area is 73.9 Å². The smallest absolute Gasteiger partial charge is 0.296 e. The molecule has 0 radical (unpaired) electrons. The van der Waals surface area contributed by atoms with Crippen LogP contribution in [0.15, 0.2) is 29.3 Å². The minimum Gasteiger partial charge on any atom is -0.296 e. The number of hydrogen-bond acceptors (Lipinski definition) is 1. The summed E-state index contributed by atoms with van der Waals surface area (Å²) in [6.07, 6.45) is -2.76. The van der Waals surface area contributed by atoms with Crippen molar-refractivity contribution in [1.82, 2.24) is 0 Å². The van der Waals surface area contributed by atoms with Crippen molar-refractivity contribution in [3.05, 3.63) is 35.4 Å². The van der Waals surface area contributed by atoms with Gasteiger partial charge in [0.1, 0.15) is 0 Å². The van der Waals surface area contributed by atoms with Crippen molar-refractivity contribution in [3.8, 4) is 0 Å². The molecular formula is C9H8F3N. The van der Waals surface area contributed by atoms with Gasteiger partial charge >= 0.3 is 6.18 Å². The lowest BCUT2D eigenvalue weighted by molar-refractivity contribution is -0.137. The molecule has 70 valence electrons. The van der Waals surface area contributed by atoms with Gasteiger partial charge in [-0.1, -0.05) is 12.1 Å². The van der Waals surface area contributed by atoms with Gasteiger partial charge in [-0.15, -0.1) is 0 Å². The van der Waals surface area contributed by atoms with Crippen LogP contribution in [0.4, 0.5) is 13.2 Å². The molecule has 0 aliphatic heterocycles. The number of aliphatic imine (C=N–C) groups is 1. The van der Waals surface area contributed by atoms with Gasteiger partial charge in [-0.2, -0.15) is 13.2 Å². The predicted molar refractivity (Wildman–Crippen MR) is 45.0 cm³/mol. The van der Waals surface area contributed by atoms with Crippen molar-refractivity contribution < 1.29 is 13.2 Å². The zero-order valence-electron chi connectivity index (χ0n) is 6.97. The summed E-state index contributed by atoms with van der Waals surface area (Å²) in [5.74, 6) is 0. The third-order valence-corrected chi connectivity index (χ3v) is 1.52. The fraction of sp³-hybridized carbons (Fsp3) is 0.222. The number of benzene rings is 1. The van der Waals surface area contributed by atoms with Crippen LogP contribution in [0.2, 0.25) is 0 Å². The zero-order valence-corrected chi connectivity index (χ0v) is 6.97. The maximum atomic E-state index is 12.1. The van der Waals surface area contributed by atoms with Crippen LogP contribution < -0.4 is 0 Å². The molecule has 0 aromatic heterocycles. The van der Waals surface area contributed by atoms with Gasteiger partial charge < -0.3 is 0 Å². The first-order valence-electron chi connectivity index (χ1n) is 3.63. The minimum absolute atomic E-state index is 0.638. The molecule has 4 heteroatoms. The van der Waals surface area contributed by atoms with E-state index < -0.39 is 11.7 Å². The molecule has 0 amide bonds. The topological polar surface area (TPSA) is 12.4 Å². The normalized spacial score (nSPS) is 12.3. The Bertz CT molecular complexity index is 298. The highest BCUT2D eigenvalue weighted by Crippen LogP contribution is 2.28. The highest BCUT2D eigenvalue weighted by atomic mass is 19.4. The summed E-state index contributed by atoms with van der Waals surface area (Å²) in [5, 5.41) is 0. The van der Waals surface area contributed by atoms with Crippen LogP contribution in [0.3, 0.4) is 0 Å². The Morgan fingerprint density at radius 3 is 2.08 bits per heavy atom. The zero-order chi connectivity index (χ0) is 9.90. The molecule has 0 N–H and O–H groups in total. The van der Waals surface area contributed by atoms with Crippen molar-refractivity contribution >= 4 is 6.21 Å². The first-order valence-corrected chi connectivity index (χ1v) is 3.63. The quantitative estimate of drug-likeness (QED) is 0.599. The second-order valence-electron chi connectivity index (χ2n) is 2.51. The Morgan fingerprint density at radius 2 is 1.69 bits per heavy atom. The van der Waals surface area contributed by atoms with Crippen LogP contribution in [-0.2, 0) is 6.18 Å². The molecule has 0 unspecified atom stereocenters. The molecule has 1 rings (SSSR count). The average Bonchev–Trinajstić information content (AvgIpc) is 2.04. The third-order valence-electron chi connectivity index (χ3n) is 1.52. The molecule has 0 saturated heterocycles. The van der Waals surface area contributed by atoms with E-state index in [1.165, 1.54) is 18.3 Å². The van der Waals surface area contributed by atoms with Crippen molar-refractivity contribution in [3.63, 3.8) is 0 Å². The van der Waals surface area contributed by atoms with E-state index in [1.54, 1.807) is 7.05 Å². The lowest BCUT2D eigenvalue weighted by atomic mass is 10.1. The standard InChI is InChI=1S/C9H8F3N/c1-13-6-7-2-4-8(5-3-7)9(10,11)12/h2-6H,1H3/b13-6+. The SMILES string of the molecule is C/N=C/c1ccc(C(F)(F)F)cc1. The lowest BCUT2D eigenvalue weighted by Gasteiger charge is -2.05. The largest absolute Gasteiger partial charge is 0.416 e. The van der Waals surface area contributed by atoms with Crippen LogP contribution in [0.5, 0.6) is 0 Å². The molecular weight excluding hydrogens is 179 g/mol. The molecule has 0 saturated carbocycles. The van der Waals surface area contributed by atoms with Crippen LogP contribution in [0.1, 0.15) is 11.1 Å². The van der Waals surface area contributed by atoms with E-state index in [-0.39, 0.29) is 0 Å². The predicted octanol–water partition coefficient (Wildman–Crippen LogP) is 2.75. The Kier molecular flexibility index (Phi) is 2.70. The first kappa shape index (κ1) is 9.77. The summed E-state index contributed by atoms with van der Waals surface area (Å²) in [6.45, 7) is 0. The summed E-state index contributed by atoms with van der Waals surface area (Å²) in [7, 11) is 1.57. The molecule has 13 heavy (non-hydrogen) atoms. The molecule has 0 spiro atoms. The fourth-order valence-corrected chi connectivity index (χ4v) is 0.907. The average molecular weight is 187 g/mol. The van der Waals surface area contributed by atoms with E-state index in [2.05, 4.69) is 4.99 Å². The monoisotopic (exact) mass is 187 g/mol. The molecule has 0 heterocycles. The summed E-state index contributed by atoms with van der Waals surface area (Å²) in [5.41, 5.74) is 0.0243. The van der Waals surface area contributed by atoms with Gasteiger partial charge in [0.05, 0.1) is 5.56 Å². The maximum Gasteiger partial charge on any atom is 0.416 e. The van der Waals surface area contributed by atoms with E-state index in [4.69, 9.17) is 0 Å². The number of hydrogen-bond donors (Lipinski definition) is 0. The van der Waals surface area contributed by atoms with Gasteiger partial charge in [-0.25, -0.2) is 0 Å². The van der Waals surface area contributed by atoms with Gasteiger partial charge in [0.15, 0.2) is 0 Å². The molecule has 1 aromatic carbocycles. The molecule has 0 aliphatic carbocycles. The molecule has 0 atom stereocenters. The van der Waals surface area contributed by atoms with Crippen LogP contribution in [0, 0.1) is 0 Å². The Hall–Kier alpha value is -1.32. The number of alkyl halides is 3. The molecule has 0 bridgehead atoms. The summed E-state index contributed by atoms with van der Waals surface area (Å²) in [6, 6.07) is 4.85. The summed E-state index contributed by atoms with van der Waals surface area (Å²) < 4.78 is 36.2. The first-order chi connectivity index (χ1) is 6.04. The van der Waals surface area contributed by atoms with E-state index in [9.17, 15) is 13.2 Å². The Morgan fingerprint density at radius 1 is 1.15 bits per heavy atom. The second kappa shape index (κ2) is 3.60. The summed E-state index contributed by atoms with van der Waals surface area (Å²) >= 11 is 0. The fourth-order valence-electron chi connectivity index (χ4n) is 0.907. The van der Waals surface area contributed by atoms with Crippen LogP contribution in [0.25, 0.3) is 0 Å². The van der Waals surface area contributed by atoms with Gasteiger partial charge in [-0.3, -0.25) is 4.99 Å². The van der Waals surface area contributed by atoms with Crippen molar-refractivity contribution in [2.24, 2.45) is 4.99 Å². The molecule has 1 aromatic rings. The third kappa shape index (κ3) is 2.57. The van der Waals surface area contributed by atoms with E-state index in [1.807, 2.05) is 0 Å². The van der Waals surface area contributed by atoms with Gasteiger partial charge in [0, 0.05) is 13.3 Å². The van der Waals surface area contributed by atoms with E-state index >= 15 is 0 Å². The number of halogens is 3. The second-order valence-corrected chi connectivity index (χ2v) is 2.51. The molecule has 1 nitrogen and oxygen atoms in total. The van der Waals surface area contributed by atoms with Crippen molar-refractivity contribution in [1.29, 1.82) is 0 Å². The Balaban J connectivity index is 2.94. The summed E-state index contributed by atoms with van der Waals surface area (Å²) in [4.78, 5) is 3.69. The molecule has 0 aliphatic rings. The van der Waals surface area contributed by atoms with Crippen molar-refractivity contribution in [2.75, 3.05) is 7.05 Å². The highest BCUT2D eigenvalue weighted by molar-refractivity contribution is 5.79. The van der Waals surface area contributed by atoms with E-state index in [0.29, 0.717) is 5.56 Å². The maximum absolute atomic E-state index is 12.1. The van der Waals surface area contributed by atoms with E-state index in [0.717, 1.165) is 12.1 Å². The van der Waals surface area contributed by atoms with Gasteiger partial charge in [0.25, 0.3) is 0 Å². The van der Waals surface area contributed by atoms with Crippen LogP contribution >= 0.6 is 0 Å². The van der Waals surface area contributed by atoms with Gasteiger partial charge in [-0.05, 0) is 17.7 Å². The van der Waals surface area contributed by atoms with Crippen LogP contribution in [-0.4, -0.2) is 13.3 Å². The number of nitrogens with zero attached hydrogens (tertiary/aromatic N) is 1. The highest BCUT2D eigenvalue weighted by Gasteiger charge is 2.29.